The smallest absolute Gasteiger partial charge is 0.244 e. The summed E-state index contributed by atoms with van der Waals surface area (Å²) in [6.07, 6.45) is 1.68. The van der Waals surface area contributed by atoms with Crippen molar-refractivity contribution in [1.82, 2.24) is 4.98 Å². The third kappa shape index (κ3) is 4.12. The molecule has 1 amide bonds. The number of anilines is 2. The van der Waals surface area contributed by atoms with Crippen molar-refractivity contribution in [3.05, 3.63) is 52.1 Å². The van der Waals surface area contributed by atoms with Gasteiger partial charge in [-0.15, -0.1) is 0 Å². The molecule has 0 radical (unpaired) electrons. The summed E-state index contributed by atoms with van der Waals surface area (Å²) in [4.78, 5) is 18.5. The molecule has 8 heteroatoms. The third-order valence-electron chi connectivity index (χ3n) is 4.10. The van der Waals surface area contributed by atoms with Crippen LogP contribution in [0, 0.1) is 11.3 Å². The number of benzene rings is 1. The normalized spacial score (nSPS) is 15.2. The van der Waals surface area contributed by atoms with Crippen molar-refractivity contribution < 1.29 is 9.53 Å². The van der Waals surface area contributed by atoms with Gasteiger partial charge in [0.25, 0.3) is 0 Å². The number of nitrogens with one attached hydrogen (secondary N) is 1. The van der Waals surface area contributed by atoms with Crippen molar-refractivity contribution >= 4 is 33.3 Å². The van der Waals surface area contributed by atoms with Crippen LogP contribution in [-0.2, 0) is 9.53 Å². The summed E-state index contributed by atoms with van der Waals surface area (Å²) in [6.45, 7) is 2.92. The summed E-state index contributed by atoms with van der Waals surface area (Å²) < 4.78 is 6.19. The first kappa shape index (κ1) is 18.2. The SMILES string of the molecule is N#Cc1ccc(C(Nc2cnc(N3CCOCC3)c(Br)c2)C(N)=O)cc1. The van der Waals surface area contributed by atoms with Crippen LogP contribution in [0.1, 0.15) is 17.2 Å². The van der Waals surface area contributed by atoms with E-state index in [1.807, 2.05) is 6.07 Å². The zero-order valence-electron chi connectivity index (χ0n) is 14.0. The van der Waals surface area contributed by atoms with Gasteiger partial charge in [0.1, 0.15) is 11.9 Å². The van der Waals surface area contributed by atoms with Crippen molar-refractivity contribution in [2.24, 2.45) is 5.73 Å². The number of nitrogens with zero attached hydrogens (tertiary/aromatic N) is 3. The fourth-order valence-corrected chi connectivity index (χ4v) is 3.35. The zero-order valence-corrected chi connectivity index (χ0v) is 15.6. The molecule has 1 atom stereocenters. The first-order chi connectivity index (χ1) is 12.6. The highest BCUT2D eigenvalue weighted by molar-refractivity contribution is 9.10. The van der Waals surface area contributed by atoms with E-state index in [9.17, 15) is 4.79 Å². The van der Waals surface area contributed by atoms with E-state index in [4.69, 9.17) is 15.7 Å². The number of aromatic nitrogens is 1. The van der Waals surface area contributed by atoms with Crippen molar-refractivity contribution in [1.29, 1.82) is 5.26 Å². The van der Waals surface area contributed by atoms with Gasteiger partial charge in [-0.25, -0.2) is 4.98 Å². The Balaban J connectivity index is 1.79. The van der Waals surface area contributed by atoms with Gasteiger partial charge in [-0.3, -0.25) is 4.79 Å². The van der Waals surface area contributed by atoms with Crippen LogP contribution in [0.3, 0.4) is 0 Å². The Labute approximate surface area is 159 Å². The number of morpholine rings is 1. The van der Waals surface area contributed by atoms with Gasteiger partial charge in [0.2, 0.25) is 5.91 Å². The van der Waals surface area contributed by atoms with E-state index in [0.717, 1.165) is 23.4 Å². The van der Waals surface area contributed by atoms with Crippen molar-refractivity contribution in [2.45, 2.75) is 6.04 Å². The first-order valence-electron chi connectivity index (χ1n) is 8.12. The van der Waals surface area contributed by atoms with E-state index in [0.29, 0.717) is 30.0 Å². The largest absolute Gasteiger partial charge is 0.378 e. The van der Waals surface area contributed by atoms with Gasteiger partial charge < -0.3 is 20.7 Å². The van der Waals surface area contributed by atoms with E-state index in [-0.39, 0.29) is 0 Å². The van der Waals surface area contributed by atoms with E-state index in [1.165, 1.54) is 0 Å². The molecule has 0 spiro atoms. The highest BCUT2D eigenvalue weighted by Gasteiger charge is 2.20. The van der Waals surface area contributed by atoms with Crippen LogP contribution in [-0.4, -0.2) is 37.2 Å². The average molecular weight is 416 g/mol. The Hall–Kier alpha value is -2.63. The molecule has 1 aromatic carbocycles. The highest BCUT2D eigenvalue weighted by atomic mass is 79.9. The number of ether oxygens (including phenoxy) is 1. The number of carbonyl (C=O) groups is 1. The van der Waals surface area contributed by atoms with Crippen molar-refractivity contribution in [3.63, 3.8) is 0 Å². The van der Waals surface area contributed by atoms with Crippen LogP contribution in [0.25, 0.3) is 0 Å². The molecule has 134 valence electrons. The third-order valence-corrected chi connectivity index (χ3v) is 4.68. The summed E-state index contributed by atoms with van der Waals surface area (Å²) in [5, 5.41) is 12.0. The van der Waals surface area contributed by atoms with Crippen LogP contribution in [0.4, 0.5) is 11.5 Å². The summed E-state index contributed by atoms with van der Waals surface area (Å²) in [5.41, 5.74) is 7.43. The Kier molecular flexibility index (Phi) is 5.71. The molecule has 1 aromatic heterocycles. The lowest BCUT2D eigenvalue weighted by Gasteiger charge is -2.28. The van der Waals surface area contributed by atoms with Gasteiger partial charge in [-0.2, -0.15) is 5.26 Å². The van der Waals surface area contributed by atoms with E-state index < -0.39 is 11.9 Å². The fraction of sp³-hybridized carbons (Fsp3) is 0.278. The van der Waals surface area contributed by atoms with E-state index in [2.05, 4.69) is 37.2 Å². The second kappa shape index (κ2) is 8.17. The number of nitriles is 1. The Bertz CT molecular complexity index is 828. The summed E-state index contributed by atoms with van der Waals surface area (Å²) in [6, 6.07) is 9.94. The number of primary amides is 1. The van der Waals surface area contributed by atoms with Crippen molar-refractivity contribution in [2.75, 3.05) is 36.5 Å². The summed E-state index contributed by atoms with van der Waals surface area (Å²) in [7, 11) is 0. The van der Waals surface area contributed by atoms with Crippen LogP contribution < -0.4 is 16.0 Å². The molecule has 2 heterocycles. The molecule has 1 aliphatic heterocycles. The number of nitrogens with two attached hydrogens (primary N) is 1. The van der Waals surface area contributed by atoms with Crippen LogP contribution in [0.5, 0.6) is 0 Å². The monoisotopic (exact) mass is 415 g/mol. The molecular weight excluding hydrogens is 398 g/mol. The first-order valence-corrected chi connectivity index (χ1v) is 8.92. The molecule has 7 nitrogen and oxygen atoms in total. The summed E-state index contributed by atoms with van der Waals surface area (Å²) in [5.74, 6) is 0.330. The maximum atomic E-state index is 11.9. The molecule has 3 rings (SSSR count). The van der Waals surface area contributed by atoms with Gasteiger partial charge in [-0.1, -0.05) is 12.1 Å². The Morgan fingerprint density at radius 2 is 2.04 bits per heavy atom. The number of hydrogen-bond donors (Lipinski definition) is 2. The Morgan fingerprint density at radius 1 is 1.35 bits per heavy atom. The molecule has 1 aliphatic rings. The molecular formula is C18H18BrN5O2. The standard InChI is InChI=1S/C18H18BrN5O2/c19-15-9-14(11-22-18(15)24-5-7-26-8-6-24)23-16(17(21)25)13-3-1-12(10-20)2-4-13/h1-4,9,11,16,23H,5-8H2,(H2,21,25). The minimum atomic E-state index is -0.717. The van der Waals surface area contributed by atoms with Crippen LogP contribution in [0.15, 0.2) is 41.0 Å². The second-order valence-electron chi connectivity index (χ2n) is 5.84. The predicted octanol–water partition coefficient (Wildman–Crippen LogP) is 2.19. The molecule has 26 heavy (non-hydrogen) atoms. The lowest BCUT2D eigenvalue weighted by Crippen LogP contribution is -2.37. The van der Waals surface area contributed by atoms with Gasteiger partial charge in [0.15, 0.2) is 0 Å². The zero-order chi connectivity index (χ0) is 18.5. The number of carbonyl (C=O) groups excluding carboxylic acids is 1. The lowest BCUT2D eigenvalue weighted by molar-refractivity contribution is -0.118. The number of pyridine rings is 1. The van der Waals surface area contributed by atoms with Gasteiger partial charge in [0.05, 0.1) is 41.2 Å². The highest BCUT2D eigenvalue weighted by Crippen LogP contribution is 2.29. The minimum Gasteiger partial charge on any atom is -0.378 e. The van der Waals surface area contributed by atoms with Crippen LogP contribution in [0.2, 0.25) is 0 Å². The molecule has 1 unspecified atom stereocenters. The minimum absolute atomic E-state index is 0.511. The molecule has 3 N–H and O–H groups in total. The molecule has 0 aliphatic carbocycles. The molecule has 1 fully saturated rings. The number of hydrogen-bond acceptors (Lipinski definition) is 6. The number of amides is 1. The fourth-order valence-electron chi connectivity index (χ4n) is 2.75. The lowest BCUT2D eigenvalue weighted by atomic mass is 10.0. The van der Waals surface area contributed by atoms with Gasteiger partial charge in [0, 0.05) is 13.1 Å². The predicted molar refractivity (Wildman–Crippen MR) is 102 cm³/mol. The van der Waals surface area contributed by atoms with E-state index in [1.54, 1.807) is 30.5 Å². The van der Waals surface area contributed by atoms with Gasteiger partial charge in [-0.05, 0) is 39.7 Å². The number of halogens is 1. The topological polar surface area (TPSA) is 104 Å². The van der Waals surface area contributed by atoms with Crippen molar-refractivity contribution in [3.8, 4) is 6.07 Å². The van der Waals surface area contributed by atoms with Gasteiger partial charge >= 0.3 is 0 Å². The maximum absolute atomic E-state index is 11.9. The summed E-state index contributed by atoms with van der Waals surface area (Å²) >= 11 is 3.55. The second-order valence-corrected chi connectivity index (χ2v) is 6.70. The molecule has 0 bridgehead atoms. The van der Waals surface area contributed by atoms with Crippen LogP contribution >= 0.6 is 15.9 Å². The maximum Gasteiger partial charge on any atom is 0.244 e. The Morgan fingerprint density at radius 3 is 2.62 bits per heavy atom. The molecule has 2 aromatic rings. The quantitative estimate of drug-likeness (QED) is 0.775. The average Bonchev–Trinajstić information content (AvgIpc) is 2.67. The molecule has 0 saturated carbocycles. The number of rotatable bonds is 5. The molecule has 1 saturated heterocycles. The van der Waals surface area contributed by atoms with E-state index >= 15 is 0 Å².